The molecule has 0 N–H and O–H groups in total. The van der Waals surface area contributed by atoms with Crippen LogP contribution in [-0.2, 0) is 10.8 Å². The normalized spacial score (nSPS) is 15.7. The molecule has 298 valence electrons. The minimum absolute atomic E-state index is 0.506. The SMILES string of the molecule is c1ccc(N(c2ccc3c(c2)-c2ccccc2C32c3ccccc3-n3c4ccccc4c4cccc2c43)c2ccc3c(c2)C(c2ccccc2)(c2ccccc2)c2ccccc2-3)cc1. The molecule has 1 aliphatic heterocycles. The van der Waals surface area contributed by atoms with Gasteiger partial charge in [-0.25, -0.2) is 0 Å². The van der Waals surface area contributed by atoms with E-state index in [0.29, 0.717) is 0 Å². The van der Waals surface area contributed by atoms with E-state index in [4.69, 9.17) is 0 Å². The van der Waals surface area contributed by atoms with Crippen molar-refractivity contribution < 1.29 is 0 Å². The number of fused-ring (bicyclic) bond motifs is 15. The molecule has 2 heterocycles. The molecule has 2 nitrogen and oxygen atoms in total. The van der Waals surface area contributed by atoms with E-state index in [1.54, 1.807) is 0 Å². The third kappa shape index (κ3) is 4.44. The van der Waals surface area contributed by atoms with Gasteiger partial charge in [-0.05, 0) is 115 Å². The van der Waals surface area contributed by atoms with E-state index in [0.717, 1.165) is 17.1 Å². The fourth-order valence-corrected chi connectivity index (χ4v) is 12.3. The maximum Gasteiger partial charge on any atom is 0.0754 e. The van der Waals surface area contributed by atoms with Crippen LogP contribution in [0.25, 0.3) is 49.7 Å². The second-order valence-electron chi connectivity index (χ2n) is 17.5. The summed E-state index contributed by atoms with van der Waals surface area (Å²) >= 11 is 0. The monoisotopic (exact) mass is 812 g/mol. The maximum absolute atomic E-state index is 2.52. The molecule has 1 spiro atoms. The van der Waals surface area contributed by atoms with Crippen LogP contribution >= 0.6 is 0 Å². The number of para-hydroxylation sites is 4. The highest BCUT2D eigenvalue weighted by Gasteiger charge is 2.51. The molecule has 2 aliphatic carbocycles. The first-order valence-electron chi connectivity index (χ1n) is 22.4. The summed E-state index contributed by atoms with van der Waals surface area (Å²) in [5.74, 6) is 0. The Balaban J connectivity index is 1.03. The fraction of sp³-hybridized carbons (Fsp3) is 0.0323. The van der Waals surface area contributed by atoms with Crippen molar-refractivity contribution in [2.75, 3.05) is 4.90 Å². The summed E-state index contributed by atoms with van der Waals surface area (Å²) in [4.78, 5) is 2.46. The topological polar surface area (TPSA) is 8.17 Å². The van der Waals surface area contributed by atoms with Crippen molar-refractivity contribution in [1.82, 2.24) is 4.57 Å². The summed E-state index contributed by atoms with van der Waals surface area (Å²) < 4.78 is 2.52. The van der Waals surface area contributed by atoms with Crippen LogP contribution in [0.15, 0.2) is 243 Å². The van der Waals surface area contributed by atoms with Gasteiger partial charge < -0.3 is 9.47 Å². The zero-order valence-corrected chi connectivity index (χ0v) is 35.0. The Bertz CT molecular complexity index is 3640. The van der Waals surface area contributed by atoms with E-state index in [1.165, 1.54) is 94.3 Å². The summed E-state index contributed by atoms with van der Waals surface area (Å²) in [7, 11) is 0. The van der Waals surface area contributed by atoms with E-state index in [9.17, 15) is 0 Å². The first-order chi connectivity index (χ1) is 31.8. The number of hydrogen-bond acceptors (Lipinski definition) is 1. The molecule has 2 heteroatoms. The zero-order chi connectivity index (χ0) is 42.0. The van der Waals surface area contributed by atoms with E-state index in [2.05, 4.69) is 252 Å². The quantitative estimate of drug-likeness (QED) is 0.168. The predicted molar refractivity (Wildman–Crippen MR) is 264 cm³/mol. The Hall–Kier alpha value is -8.20. The molecule has 0 saturated heterocycles. The molecule has 1 aromatic heterocycles. The lowest BCUT2D eigenvalue weighted by Crippen LogP contribution is -2.33. The molecule has 1 unspecified atom stereocenters. The highest BCUT2D eigenvalue weighted by Crippen LogP contribution is 2.62. The fourth-order valence-electron chi connectivity index (χ4n) is 12.3. The molecule has 64 heavy (non-hydrogen) atoms. The number of benzene rings is 10. The van der Waals surface area contributed by atoms with Gasteiger partial charge in [0.15, 0.2) is 0 Å². The van der Waals surface area contributed by atoms with Crippen LogP contribution in [-0.4, -0.2) is 4.57 Å². The Labute approximate surface area is 372 Å². The number of anilines is 3. The van der Waals surface area contributed by atoms with Gasteiger partial charge in [0, 0.05) is 27.8 Å². The second-order valence-corrected chi connectivity index (χ2v) is 17.5. The predicted octanol–water partition coefficient (Wildman–Crippen LogP) is 15.3. The lowest BCUT2D eigenvalue weighted by molar-refractivity contribution is 0.748. The number of nitrogens with zero attached hydrogens (tertiary/aromatic N) is 2. The molecule has 1 atom stereocenters. The first kappa shape index (κ1) is 35.4. The Kier molecular flexibility index (Phi) is 7.28. The van der Waals surface area contributed by atoms with Gasteiger partial charge in [0.25, 0.3) is 0 Å². The van der Waals surface area contributed by atoms with Crippen molar-refractivity contribution in [3.63, 3.8) is 0 Å². The van der Waals surface area contributed by atoms with Crippen molar-refractivity contribution in [1.29, 1.82) is 0 Å². The molecule has 0 fully saturated rings. The minimum Gasteiger partial charge on any atom is -0.310 e. The summed E-state index contributed by atoms with van der Waals surface area (Å²) in [5.41, 5.74) is 21.6. The van der Waals surface area contributed by atoms with Gasteiger partial charge in [-0.1, -0.05) is 194 Å². The average molecular weight is 813 g/mol. The first-order valence-corrected chi connectivity index (χ1v) is 22.4. The van der Waals surface area contributed by atoms with Crippen LogP contribution in [0.4, 0.5) is 17.1 Å². The Morgan fingerprint density at radius 3 is 1.56 bits per heavy atom. The molecule has 14 rings (SSSR count). The van der Waals surface area contributed by atoms with Gasteiger partial charge in [-0.2, -0.15) is 0 Å². The summed E-state index contributed by atoms with van der Waals surface area (Å²) in [6, 6.07) is 90.7. The molecule has 0 bridgehead atoms. The van der Waals surface area contributed by atoms with Crippen molar-refractivity contribution >= 4 is 38.9 Å². The van der Waals surface area contributed by atoms with Crippen LogP contribution < -0.4 is 4.90 Å². The molecule has 0 radical (unpaired) electrons. The van der Waals surface area contributed by atoms with Gasteiger partial charge in [-0.3, -0.25) is 0 Å². The number of rotatable bonds is 5. The molecule has 3 aliphatic rings. The van der Waals surface area contributed by atoms with Gasteiger partial charge in [0.05, 0.1) is 27.6 Å². The minimum atomic E-state index is -0.507. The zero-order valence-electron chi connectivity index (χ0n) is 35.0. The van der Waals surface area contributed by atoms with E-state index in [-0.39, 0.29) is 0 Å². The average Bonchev–Trinajstić information content (AvgIpc) is 3.97. The Morgan fingerprint density at radius 2 is 0.812 bits per heavy atom. The lowest BCUT2D eigenvalue weighted by atomic mass is 9.65. The molecular weight excluding hydrogens is 773 g/mol. The Morgan fingerprint density at radius 1 is 0.297 bits per heavy atom. The van der Waals surface area contributed by atoms with Crippen LogP contribution in [0.2, 0.25) is 0 Å². The third-order valence-corrected chi connectivity index (χ3v) is 14.6. The third-order valence-electron chi connectivity index (χ3n) is 14.6. The smallest absolute Gasteiger partial charge is 0.0754 e. The lowest BCUT2D eigenvalue weighted by Gasteiger charge is -2.39. The second kappa shape index (κ2) is 13.2. The standard InChI is InChI=1S/C62H40N2/c1-4-19-41(20-5-1)61(42-21-6-2-7-22-42)52-29-13-10-25-46(52)48-37-35-45(40-57(48)61)63(43-23-8-3-9-24-43)44-36-38-54-51(39-44)47-26-11-14-30-53(47)62(54)55-31-15-17-34-59(55)64-58-33-16-12-27-49(58)50-28-18-32-56(62)60(50)64/h1-40H. The number of hydrogen-bond donors (Lipinski definition) is 0. The van der Waals surface area contributed by atoms with E-state index < -0.39 is 10.8 Å². The van der Waals surface area contributed by atoms with Gasteiger partial charge in [0.2, 0.25) is 0 Å². The van der Waals surface area contributed by atoms with Crippen LogP contribution in [0, 0.1) is 0 Å². The van der Waals surface area contributed by atoms with Gasteiger partial charge >= 0.3 is 0 Å². The summed E-state index contributed by atoms with van der Waals surface area (Å²) in [5, 5.41) is 2.58. The van der Waals surface area contributed by atoms with Crippen molar-refractivity contribution in [2.24, 2.45) is 0 Å². The van der Waals surface area contributed by atoms with Gasteiger partial charge in [-0.15, -0.1) is 0 Å². The highest BCUT2D eigenvalue weighted by atomic mass is 15.1. The summed E-state index contributed by atoms with van der Waals surface area (Å²) in [6.45, 7) is 0. The van der Waals surface area contributed by atoms with Crippen LogP contribution in [0.1, 0.15) is 44.5 Å². The van der Waals surface area contributed by atoms with Crippen molar-refractivity contribution in [3.05, 3.63) is 287 Å². The van der Waals surface area contributed by atoms with Crippen molar-refractivity contribution in [2.45, 2.75) is 10.8 Å². The molecule has 10 aromatic carbocycles. The summed E-state index contributed by atoms with van der Waals surface area (Å²) in [6.07, 6.45) is 0. The molecule has 11 aromatic rings. The van der Waals surface area contributed by atoms with Crippen LogP contribution in [0.5, 0.6) is 0 Å². The largest absolute Gasteiger partial charge is 0.310 e. The van der Waals surface area contributed by atoms with E-state index in [1.807, 2.05) is 0 Å². The van der Waals surface area contributed by atoms with E-state index >= 15 is 0 Å². The molecule has 0 saturated carbocycles. The maximum atomic E-state index is 2.52. The van der Waals surface area contributed by atoms with Crippen molar-refractivity contribution in [3.8, 4) is 27.9 Å². The van der Waals surface area contributed by atoms with Gasteiger partial charge in [0.1, 0.15) is 0 Å². The highest BCUT2D eigenvalue weighted by molar-refractivity contribution is 6.13. The number of aromatic nitrogens is 1. The molecule has 0 amide bonds. The molecular formula is C62H40N2. The van der Waals surface area contributed by atoms with Crippen LogP contribution in [0.3, 0.4) is 0 Å².